The van der Waals surface area contributed by atoms with Crippen LogP contribution in [0.5, 0.6) is 0 Å². The molecule has 1 fully saturated rings. The largest absolute Gasteiger partial charge is 0.460 e. The fourth-order valence-electron chi connectivity index (χ4n) is 2.64. The Morgan fingerprint density at radius 3 is 2.33 bits per heavy atom. The van der Waals surface area contributed by atoms with Crippen LogP contribution in [-0.2, 0) is 9.53 Å². The molecular weight excluding hydrogens is 391 g/mol. The van der Waals surface area contributed by atoms with Crippen LogP contribution in [0.3, 0.4) is 0 Å². The van der Waals surface area contributed by atoms with Crippen molar-refractivity contribution >= 4 is 46.7 Å². The Morgan fingerprint density at radius 2 is 1.74 bits per heavy atom. The lowest BCUT2D eigenvalue weighted by Crippen LogP contribution is -2.30. The summed E-state index contributed by atoms with van der Waals surface area (Å²) in [7, 11) is 0. The van der Waals surface area contributed by atoms with Crippen molar-refractivity contribution in [2.75, 3.05) is 11.9 Å². The molecule has 1 saturated heterocycles. The van der Waals surface area contributed by atoms with Gasteiger partial charge in [-0.3, -0.25) is 9.59 Å². The number of anilines is 1. The van der Waals surface area contributed by atoms with Crippen molar-refractivity contribution < 1.29 is 19.1 Å². The number of benzene rings is 2. The molecule has 1 aliphatic rings. The number of halogens is 2. The predicted octanol–water partition coefficient (Wildman–Crippen LogP) is 3.68. The summed E-state index contributed by atoms with van der Waals surface area (Å²) in [6.45, 7) is 0.137. The number of amides is 2. The normalized spacial score (nSPS) is 15.9. The fraction of sp³-hybridized carbons (Fsp3) is 0.211. The highest BCUT2D eigenvalue weighted by Gasteiger charge is 2.22. The zero-order chi connectivity index (χ0) is 19.4. The van der Waals surface area contributed by atoms with E-state index in [4.69, 9.17) is 27.9 Å². The van der Waals surface area contributed by atoms with Gasteiger partial charge in [-0.1, -0.05) is 23.2 Å². The predicted molar refractivity (Wildman–Crippen MR) is 102 cm³/mol. The second-order valence-corrected chi connectivity index (χ2v) is 6.96. The van der Waals surface area contributed by atoms with E-state index in [1.54, 1.807) is 24.3 Å². The Morgan fingerprint density at radius 1 is 1.07 bits per heavy atom. The molecule has 2 aromatic carbocycles. The van der Waals surface area contributed by atoms with Crippen LogP contribution in [0.4, 0.5) is 5.69 Å². The highest BCUT2D eigenvalue weighted by Crippen LogP contribution is 2.20. The molecule has 1 aliphatic heterocycles. The van der Waals surface area contributed by atoms with Gasteiger partial charge in [0.2, 0.25) is 5.91 Å². The summed E-state index contributed by atoms with van der Waals surface area (Å²) in [4.78, 5) is 35.5. The molecule has 1 heterocycles. The van der Waals surface area contributed by atoms with Crippen molar-refractivity contribution in [3.8, 4) is 0 Å². The van der Waals surface area contributed by atoms with Crippen LogP contribution in [0, 0.1) is 0 Å². The monoisotopic (exact) mass is 406 g/mol. The molecule has 6 nitrogen and oxygen atoms in total. The molecular formula is C19H16Cl2N2O4. The lowest BCUT2D eigenvalue weighted by atomic mass is 10.2. The maximum atomic E-state index is 12.3. The van der Waals surface area contributed by atoms with E-state index in [0.717, 1.165) is 0 Å². The van der Waals surface area contributed by atoms with Crippen LogP contribution in [0.25, 0.3) is 0 Å². The number of carbonyl (C=O) groups is 3. The molecule has 2 aromatic rings. The van der Waals surface area contributed by atoms with Gasteiger partial charge in [-0.2, -0.15) is 0 Å². The van der Waals surface area contributed by atoms with E-state index in [1.165, 1.54) is 18.2 Å². The highest BCUT2D eigenvalue weighted by molar-refractivity contribution is 6.35. The summed E-state index contributed by atoms with van der Waals surface area (Å²) in [5.74, 6) is -0.889. The van der Waals surface area contributed by atoms with Crippen molar-refractivity contribution in [3.05, 3.63) is 63.6 Å². The summed E-state index contributed by atoms with van der Waals surface area (Å²) in [5, 5.41) is 6.17. The molecule has 1 unspecified atom stereocenters. The summed E-state index contributed by atoms with van der Waals surface area (Å²) in [6.07, 6.45) is 1.11. The summed E-state index contributed by atoms with van der Waals surface area (Å²) in [5.41, 5.74) is 1.19. The standard InChI is InChI=1S/C19H16Cl2N2O4/c20-13-7-12(8-14(21)9-13)18(25)23-15-3-1-11(2-4-15)19(26)27-10-16-5-6-17(24)22-16/h1-4,7-9,16H,5-6,10H2,(H,22,24)(H,23,25). The van der Waals surface area contributed by atoms with E-state index >= 15 is 0 Å². The number of hydrogen-bond donors (Lipinski definition) is 2. The van der Waals surface area contributed by atoms with E-state index in [9.17, 15) is 14.4 Å². The Kier molecular flexibility index (Phi) is 5.98. The van der Waals surface area contributed by atoms with Crippen LogP contribution in [0.15, 0.2) is 42.5 Å². The van der Waals surface area contributed by atoms with Crippen molar-refractivity contribution in [3.63, 3.8) is 0 Å². The molecule has 0 spiro atoms. The summed E-state index contributed by atoms with van der Waals surface area (Å²) in [6, 6.07) is 10.7. The second kappa shape index (κ2) is 8.41. The Hall–Kier alpha value is -2.57. The number of hydrogen-bond acceptors (Lipinski definition) is 4. The minimum absolute atomic E-state index is 0.0304. The third-order valence-electron chi connectivity index (χ3n) is 4.00. The van der Waals surface area contributed by atoms with Gasteiger partial charge in [0.1, 0.15) is 6.61 Å². The quantitative estimate of drug-likeness (QED) is 0.741. The third-order valence-corrected chi connectivity index (χ3v) is 4.44. The van der Waals surface area contributed by atoms with Gasteiger partial charge in [-0.25, -0.2) is 4.79 Å². The zero-order valence-corrected chi connectivity index (χ0v) is 15.6. The van der Waals surface area contributed by atoms with E-state index < -0.39 is 5.97 Å². The van der Waals surface area contributed by atoms with E-state index in [1.807, 2.05) is 0 Å². The van der Waals surface area contributed by atoms with Gasteiger partial charge in [0, 0.05) is 27.7 Å². The van der Waals surface area contributed by atoms with Gasteiger partial charge in [-0.05, 0) is 48.9 Å². The first-order chi connectivity index (χ1) is 12.9. The molecule has 27 heavy (non-hydrogen) atoms. The fourth-order valence-corrected chi connectivity index (χ4v) is 3.17. The SMILES string of the molecule is O=C1CCC(COC(=O)c2ccc(NC(=O)c3cc(Cl)cc(Cl)c3)cc2)N1. The minimum atomic E-state index is -0.490. The van der Waals surface area contributed by atoms with Gasteiger partial charge in [-0.15, -0.1) is 0 Å². The Balaban J connectivity index is 1.57. The van der Waals surface area contributed by atoms with Gasteiger partial charge in [0.05, 0.1) is 11.6 Å². The van der Waals surface area contributed by atoms with Gasteiger partial charge >= 0.3 is 5.97 Å². The van der Waals surface area contributed by atoms with Gasteiger partial charge < -0.3 is 15.4 Å². The van der Waals surface area contributed by atoms with Crippen LogP contribution < -0.4 is 10.6 Å². The number of ether oxygens (including phenoxy) is 1. The van der Waals surface area contributed by atoms with Crippen molar-refractivity contribution in [1.82, 2.24) is 5.32 Å². The van der Waals surface area contributed by atoms with Crippen molar-refractivity contribution in [2.45, 2.75) is 18.9 Å². The topological polar surface area (TPSA) is 84.5 Å². The van der Waals surface area contributed by atoms with Crippen LogP contribution in [0.1, 0.15) is 33.6 Å². The van der Waals surface area contributed by atoms with E-state index in [-0.39, 0.29) is 24.5 Å². The first kappa shape index (κ1) is 19.2. The number of esters is 1. The molecule has 140 valence electrons. The number of carbonyl (C=O) groups excluding carboxylic acids is 3. The van der Waals surface area contributed by atoms with Crippen molar-refractivity contribution in [1.29, 1.82) is 0 Å². The number of nitrogens with one attached hydrogen (secondary N) is 2. The smallest absolute Gasteiger partial charge is 0.338 e. The molecule has 0 radical (unpaired) electrons. The zero-order valence-electron chi connectivity index (χ0n) is 14.1. The maximum Gasteiger partial charge on any atom is 0.338 e. The van der Waals surface area contributed by atoms with Gasteiger partial charge in [0.25, 0.3) is 5.91 Å². The lowest BCUT2D eigenvalue weighted by Gasteiger charge is -2.11. The molecule has 0 bridgehead atoms. The molecule has 0 aromatic heterocycles. The molecule has 2 amide bonds. The number of rotatable bonds is 5. The Bertz CT molecular complexity index is 864. The van der Waals surface area contributed by atoms with Crippen LogP contribution in [-0.4, -0.2) is 30.4 Å². The molecule has 1 atom stereocenters. The maximum absolute atomic E-state index is 12.3. The first-order valence-electron chi connectivity index (χ1n) is 8.25. The Labute approximate surface area is 165 Å². The highest BCUT2D eigenvalue weighted by atomic mass is 35.5. The molecule has 0 saturated carbocycles. The van der Waals surface area contributed by atoms with Crippen molar-refractivity contribution in [2.24, 2.45) is 0 Å². The third kappa shape index (κ3) is 5.21. The minimum Gasteiger partial charge on any atom is -0.460 e. The second-order valence-electron chi connectivity index (χ2n) is 6.09. The van der Waals surface area contributed by atoms with E-state index in [2.05, 4.69) is 10.6 Å². The first-order valence-corrected chi connectivity index (χ1v) is 9.00. The average Bonchev–Trinajstić information content (AvgIpc) is 3.05. The van der Waals surface area contributed by atoms with Gasteiger partial charge in [0.15, 0.2) is 0 Å². The summed E-state index contributed by atoms with van der Waals surface area (Å²) >= 11 is 11.8. The lowest BCUT2D eigenvalue weighted by molar-refractivity contribution is -0.119. The summed E-state index contributed by atoms with van der Waals surface area (Å²) < 4.78 is 5.21. The average molecular weight is 407 g/mol. The molecule has 8 heteroatoms. The molecule has 2 N–H and O–H groups in total. The van der Waals surface area contributed by atoms with Crippen LogP contribution in [0.2, 0.25) is 10.0 Å². The molecule has 3 rings (SSSR count). The molecule has 0 aliphatic carbocycles. The van der Waals surface area contributed by atoms with Crippen LogP contribution >= 0.6 is 23.2 Å². The van der Waals surface area contributed by atoms with E-state index in [0.29, 0.717) is 39.7 Å².